The van der Waals surface area contributed by atoms with Gasteiger partial charge >= 0.3 is 5.69 Å². The summed E-state index contributed by atoms with van der Waals surface area (Å²) >= 11 is 17.6. The molecule has 1 aromatic carbocycles. The van der Waals surface area contributed by atoms with E-state index in [1.54, 1.807) is 0 Å². The predicted octanol–water partition coefficient (Wildman–Crippen LogP) is 4.59. The van der Waals surface area contributed by atoms with E-state index in [1.165, 1.54) is 6.92 Å². The van der Waals surface area contributed by atoms with Gasteiger partial charge in [-0.2, -0.15) is 5.10 Å². The van der Waals surface area contributed by atoms with Gasteiger partial charge in [0.1, 0.15) is 17.3 Å². The maximum absolute atomic E-state index is 12.8. The number of anilines is 1. The molecule has 25 heavy (non-hydrogen) atoms. The van der Waals surface area contributed by atoms with Crippen molar-refractivity contribution in [2.45, 2.75) is 18.7 Å². The smallest absolute Gasteiger partial charge is 0.304 e. The maximum atomic E-state index is 12.8. The van der Waals surface area contributed by atoms with Gasteiger partial charge in [-0.1, -0.05) is 23.2 Å². The van der Waals surface area contributed by atoms with Gasteiger partial charge in [-0.25, -0.2) is 13.5 Å². The summed E-state index contributed by atoms with van der Waals surface area (Å²) < 4.78 is 26.5. The van der Waals surface area contributed by atoms with Gasteiger partial charge in [-0.15, -0.1) is 11.6 Å². The fourth-order valence-corrected chi connectivity index (χ4v) is 2.61. The summed E-state index contributed by atoms with van der Waals surface area (Å²) in [4.78, 5) is 22.2. The molecular formula is C13H9Cl3F2N4O3. The fraction of sp³-hybridized carbons (Fsp3) is 0.231. The summed E-state index contributed by atoms with van der Waals surface area (Å²) in [5.74, 6) is -1.08. The summed E-state index contributed by atoms with van der Waals surface area (Å²) in [6.07, 6.45) is -1.95. The second-order valence-corrected chi connectivity index (χ2v) is 6.26. The van der Waals surface area contributed by atoms with E-state index in [0.29, 0.717) is 0 Å². The molecule has 7 nitrogen and oxygen atoms in total. The van der Waals surface area contributed by atoms with Crippen molar-refractivity contribution in [3.63, 3.8) is 0 Å². The molecule has 0 fully saturated rings. The number of alkyl halides is 3. The Morgan fingerprint density at radius 3 is 2.36 bits per heavy atom. The minimum atomic E-state index is -2.81. The van der Waals surface area contributed by atoms with Crippen LogP contribution in [0.25, 0.3) is 5.69 Å². The molecule has 0 bridgehead atoms. The number of carbonyl (C=O) groups excluding carboxylic acids is 1. The molecule has 1 atom stereocenters. The van der Waals surface area contributed by atoms with Gasteiger partial charge in [0.15, 0.2) is 0 Å². The Hall–Kier alpha value is -1.97. The Morgan fingerprint density at radius 2 is 1.92 bits per heavy atom. The van der Waals surface area contributed by atoms with Crippen molar-refractivity contribution in [3.8, 4) is 5.69 Å². The molecular weight excluding hydrogens is 405 g/mol. The first-order valence-corrected chi connectivity index (χ1v) is 7.77. The van der Waals surface area contributed by atoms with Gasteiger partial charge in [0.25, 0.3) is 6.43 Å². The highest BCUT2D eigenvalue weighted by atomic mass is 35.5. The highest BCUT2D eigenvalue weighted by molar-refractivity contribution is 6.38. The van der Waals surface area contributed by atoms with Gasteiger partial charge < -0.3 is 5.32 Å². The Morgan fingerprint density at radius 1 is 1.36 bits per heavy atom. The van der Waals surface area contributed by atoms with Crippen LogP contribution in [0.4, 0.5) is 20.3 Å². The Labute approximate surface area is 154 Å². The van der Waals surface area contributed by atoms with Gasteiger partial charge in [-0.3, -0.25) is 14.9 Å². The SMILES string of the molecule is CC(Cl)C(=O)Nc1c([N+](=O)[O-])cnn1-c1c(Cl)cc(C(F)F)cc1Cl. The van der Waals surface area contributed by atoms with Crippen LogP contribution in [0.1, 0.15) is 18.9 Å². The molecule has 2 rings (SSSR count). The third kappa shape index (κ3) is 4.00. The quantitative estimate of drug-likeness (QED) is 0.441. The second-order valence-electron chi connectivity index (χ2n) is 4.79. The summed E-state index contributed by atoms with van der Waals surface area (Å²) in [7, 11) is 0. The van der Waals surface area contributed by atoms with Crippen LogP contribution < -0.4 is 5.32 Å². The maximum Gasteiger partial charge on any atom is 0.331 e. The molecule has 134 valence electrons. The standard InChI is InChI=1S/C13H9Cl3F2N4O3/c1-5(14)13(23)20-12-9(22(24)25)4-19-21(12)10-7(15)2-6(11(17)18)3-8(10)16/h2-5,11H,1H3,(H,20,23). The van der Waals surface area contributed by atoms with Crippen LogP contribution in [0, 0.1) is 10.1 Å². The van der Waals surface area contributed by atoms with Crippen LogP contribution in [0.3, 0.4) is 0 Å². The van der Waals surface area contributed by atoms with Crippen LogP contribution >= 0.6 is 34.8 Å². The van der Waals surface area contributed by atoms with Crippen molar-refractivity contribution in [1.29, 1.82) is 0 Å². The average Bonchev–Trinajstić information content (AvgIpc) is 2.90. The number of aromatic nitrogens is 2. The topological polar surface area (TPSA) is 90.1 Å². The lowest BCUT2D eigenvalue weighted by atomic mass is 10.2. The van der Waals surface area contributed by atoms with E-state index in [4.69, 9.17) is 34.8 Å². The number of nitrogens with zero attached hydrogens (tertiary/aromatic N) is 3. The van der Waals surface area contributed by atoms with Crippen molar-refractivity contribution in [3.05, 3.63) is 44.1 Å². The van der Waals surface area contributed by atoms with Crippen LogP contribution in [-0.2, 0) is 4.79 Å². The number of benzene rings is 1. The Kier molecular flexibility index (Phi) is 5.81. The van der Waals surface area contributed by atoms with E-state index in [2.05, 4.69) is 10.4 Å². The number of hydrogen-bond donors (Lipinski definition) is 1. The molecule has 1 amide bonds. The zero-order chi connectivity index (χ0) is 18.9. The number of amides is 1. The third-order valence-electron chi connectivity index (χ3n) is 3.05. The van der Waals surface area contributed by atoms with E-state index in [1.807, 2.05) is 0 Å². The second kappa shape index (κ2) is 7.51. The average molecular weight is 414 g/mol. The third-order valence-corrected chi connectivity index (χ3v) is 3.83. The number of halogens is 5. The first-order valence-electron chi connectivity index (χ1n) is 6.58. The number of hydrogen-bond acceptors (Lipinski definition) is 4. The molecule has 0 spiro atoms. The largest absolute Gasteiger partial charge is 0.331 e. The first kappa shape index (κ1) is 19.4. The molecule has 0 aliphatic carbocycles. The van der Waals surface area contributed by atoms with Crippen LogP contribution in [0.15, 0.2) is 18.3 Å². The van der Waals surface area contributed by atoms with Crippen molar-refractivity contribution in [1.82, 2.24) is 9.78 Å². The molecule has 2 aromatic rings. The molecule has 12 heteroatoms. The van der Waals surface area contributed by atoms with E-state index >= 15 is 0 Å². The summed E-state index contributed by atoms with van der Waals surface area (Å²) in [6.45, 7) is 1.36. The Bertz CT molecular complexity index is 819. The van der Waals surface area contributed by atoms with E-state index in [9.17, 15) is 23.7 Å². The Balaban J connectivity index is 2.64. The molecule has 0 radical (unpaired) electrons. The van der Waals surface area contributed by atoms with Crippen LogP contribution in [0.5, 0.6) is 0 Å². The van der Waals surface area contributed by atoms with Crippen molar-refractivity contribution in [2.75, 3.05) is 5.32 Å². The molecule has 0 saturated carbocycles. The van der Waals surface area contributed by atoms with Crippen molar-refractivity contribution < 1.29 is 18.5 Å². The minimum Gasteiger partial charge on any atom is -0.304 e. The highest BCUT2D eigenvalue weighted by Crippen LogP contribution is 2.37. The molecule has 1 unspecified atom stereocenters. The van der Waals surface area contributed by atoms with E-state index < -0.39 is 33.9 Å². The van der Waals surface area contributed by atoms with Crippen LogP contribution in [-0.4, -0.2) is 26.0 Å². The number of rotatable bonds is 5. The monoisotopic (exact) mass is 412 g/mol. The fourth-order valence-electron chi connectivity index (χ4n) is 1.89. The van der Waals surface area contributed by atoms with Gasteiger partial charge in [0.05, 0.1) is 15.0 Å². The highest BCUT2D eigenvalue weighted by Gasteiger charge is 2.27. The van der Waals surface area contributed by atoms with E-state index in [-0.39, 0.29) is 21.6 Å². The summed E-state index contributed by atoms with van der Waals surface area (Å²) in [6, 6.07) is 1.91. The van der Waals surface area contributed by atoms with Crippen LogP contribution in [0.2, 0.25) is 10.0 Å². The molecule has 0 aliphatic heterocycles. The zero-order valence-corrected chi connectivity index (χ0v) is 14.6. The lowest BCUT2D eigenvalue weighted by molar-refractivity contribution is -0.384. The number of carbonyl (C=O) groups is 1. The van der Waals surface area contributed by atoms with Crippen molar-refractivity contribution >= 4 is 52.2 Å². The number of nitro groups is 1. The lowest BCUT2D eigenvalue weighted by Crippen LogP contribution is -2.22. The molecule has 1 N–H and O–H groups in total. The van der Waals surface area contributed by atoms with Gasteiger partial charge in [-0.05, 0) is 19.1 Å². The number of nitrogens with one attached hydrogen (secondary N) is 1. The predicted molar refractivity (Wildman–Crippen MR) is 89.1 cm³/mol. The first-order chi connectivity index (χ1) is 11.6. The lowest BCUT2D eigenvalue weighted by Gasteiger charge is -2.13. The molecule has 0 aliphatic rings. The van der Waals surface area contributed by atoms with E-state index in [0.717, 1.165) is 23.0 Å². The molecule has 0 saturated heterocycles. The van der Waals surface area contributed by atoms with Gasteiger partial charge in [0.2, 0.25) is 11.7 Å². The summed E-state index contributed by atoms with van der Waals surface area (Å²) in [5, 5.41) is 15.7. The molecule has 1 heterocycles. The van der Waals surface area contributed by atoms with Gasteiger partial charge in [0, 0.05) is 5.56 Å². The normalized spacial score (nSPS) is 12.3. The molecule has 1 aromatic heterocycles. The minimum absolute atomic E-state index is 0.0987. The van der Waals surface area contributed by atoms with Crippen molar-refractivity contribution in [2.24, 2.45) is 0 Å². The summed E-state index contributed by atoms with van der Waals surface area (Å²) in [5.41, 5.74) is -1.07. The zero-order valence-electron chi connectivity index (χ0n) is 12.3.